The van der Waals surface area contributed by atoms with E-state index in [0.29, 0.717) is 25.5 Å². The van der Waals surface area contributed by atoms with Gasteiger partial charge >= 0.3 is 6.09 Å². The molecule has 0 atom stereocenters. The largest absolute Gasteiger partial charge is 0.465 e. The van der Waals surface area contributed by atoms with E-state index < -0.39 is 23.5 Å². The second kappa shape index (κ2) is 12.2. The Morgan fingerprint density at radius 3 is 2.27 bits per heavy atom. The zero-order valence-electron chi connectivity index (χ0n) is 17.9. The smallest absolute Gasteiger partial charge is 0.407 e. The van der Waals surface area contributed by atoms with Gasteiger partial charge in [0.15, 0.2) is 11.6 Å². The number of rotatable bonds is 11. The molecule has 1 saturated carbocycles. The zero-order valence-corrected chi connectivity index (χ0v) is 17.9. The van der Waals surface area contributed by atoms with Gasteiger partial charge in [0.25, 0.3) is 0 Å². The van der Waals surface area contributed by atoms with Crippen molar-refractivity contribution in [2.24, 2.45) is 0 Å². The number of benzene rings is 1. The highest BCUT2D eigenvalue weighted by molar-refractivity contribution is 5.65. The van der Waals surface area contributed by atoms with Gasteiger partial charge in [-0.15, -0.1) is 0 Å². The van der Waals surface area contributed by atoms with Crippen molar-refractivity contribution in [2.75, 3.05) is 27.2 Å². The summed E-state index contributed by atoms with van der Waals surface area (Å²) in [7, 11) is 4.14. The van der Waals surface area contributed by atoms with Gasteiger partial charge in [-0.1, -0.05) is 12.8 Å². The van der Waals surface area contributed by atoms with Gasteiger partial charge in [-0.2, -0.15) is 0 Å². The quantitative estimate of drug-likeness (QED) is 0.395. The third kappa shape index (κ3) is 7.80. The summed E-state index contributed by atoms with van der Waals surface area (Å²) < 4.78 is 46.4. The van der Waals surface area contributed by atoms with Gasteiger partial charge in [-0.3, -0.25) is 0 Å². The summed E-state index contributed by atoms with van der Waals surface area (Å²) in [5, 5.41) is 9.55. The molecule has 0 heterocycles. The highest BCUT2D eigenvalue weighted by atomic mass is 19.2. The van der Waals surface area contributed by atoms with Crippen molar-refractivity contribution in [1.29, 1.82) is 0 Å². The lowest BCUT2D eigenvalue weighted by molar-refractivity contribution is 0.00587. The summed E-state index contributed by atoms with van der Waals surface area (Å²) in [6.45, 7) is 1.50. The average molecular weight is 431 g/mol. The molecular formula is C22H33F3N2O3. The Bertz CT molecular complexity index is 680. The predicted molar refractivity (Wildman–Crippen MR) is 109 cm³/mol. The van der Waals surface area contributed by atoms with Crippen LogP contribution in [0.15, 0.2) is 12.1 Å². The standard InChI is InChI=1S/C22H33F3N2O3/c1-26(2)11-5-3-4-6-12-30-18-9-7-17(8-10-18)27(22(28)29)15-16-13-20(24)21(25)14-19(16)23/h13-14,17-18H,3-12,15H2,1-2H3,(H,28,29). The van der Waals surface area contributed by atoms with Gasteiger partial charge in [-0.05, 0) is 65.2 Å². The zero-order chi connectivity index (χ0) is 22.1. The highest BCUT2D eigenvalue weighted by Crippen LogP contribution is 2.27. The number of ether oxygens (including phenoxy) is 1. The van der Waals surface area contributed by atoms with Crippen LogP contribution in [-0.2, 0) is 11.3 Å². The third-order valence-electron chi connectivity index (χ3n) is 5.61. The van der Waals surface area contributed by atoms with Crippen molar-refractivity contribution >= 4 is 6.09 Å². The fourth-order valence-corrected chi connectivity index (χ4v) is 3.88. The molecule has 30 heavy (non-hydrogen) atoms. The Balaban J connectivity index is 1.75. The maximum atomic E-state index is 13.9. The maximum absolute atomic E-state index is 13.9. The minimum atomic E-state index is -1.28. The average Bonchev–Trinajstić information content (AvgIpc) is 2.69. The number of hydrogen-bond acceptors (Lipinski definition) is 3. The van der Waals surface area contributed by atoms with Crippen molar-refractivity contribution in [3.8, 4) is 0 Å². The molecule has 1 amide bonds. The van der Waals surface area contributed by atoms with Gasteiger partial charge in [0, 0.05) is 24.3 Å². The van der Waals surface area contributed by atoms with Crippen molar-refractivity contribution in [2.45, 2.75) is 70.1 Å². The minimum Gasteiger partial charge on any atom is -0.465 e. The number of nitrogens with zero attached hydrogens (tertiary/aromatic N) is 2. The molecule has 0 bridgehead atoms. The molecule has 0 aromatic heterocycles. The Kier molecular flexibility index (Phi) is 9.91. The van der Waals surface area contributed by atoms with E-state index in [0.717, 1.165) is 43.2 Å². The number of unbranched alkanes of at least 4 members (excludes halogenated alkanes) is 3. The van der Waals surface area contributed by atoms with Crippen LogP contribution in [0.4, 0.5) is 18.0 Å². The molecule has 8 heteroatoms. The van der Waals surface area contributed by atoms with Crippen LogP contribution in [-0.4, -0.2) is 60.4 Å². The molecule has 2 rings (SSSR count). The first-order valence-electron chi connectivity index (χ1n) is 10.7. The number of carbonyl (C=O) groups is 1. The molecule has 0 aliphatic heterocycles. The van der Waals surface area contributed by atoms with Crippen LogP contribution in [0.2, 0.25) is 0 Å². The minimum absolute atomic E-state index is 0.110. The van der Waals surface area contributed by atoms with E-state index >= 15 is 0 Å². The molecule has 1 N–H and O–H groups in total. The summed E-state index contributed by atoms with van der Waals surface area (Å²) in [6.07, 6.45) is 6.10. The first kappa shape index (κ1) is 24.5. The molecule has 0 spiro atoms. The molecule has 1 aliphatic rings. The van der Waals surface area contributed by atoms with Gasteiger partial charge in [0.2, 0.25) is 0 Å². The van der Waals surface area contributed by atoms with E-state index in [2.05, 4.69) is 19.0 Å². The Hall–Kier alpha value is -1.80. The Labute approximate surface area is 176 Å². The monoisotopic (exact) mass is 430 g/mol. The van der Waals surface area contributed by atoms with E-state index in [4.69, 9.17) is 4.74 Å². The fourth-order valence-electron chi connectivity index (χ4n) is 3.88. The summed E-state index contributed by atoms with van der Waals surface area (Å²) in [5.41, 5.74) is -0.163. The summed E-state index contributed by atoms with van der Waals surface area (Å²) >= 11 is 0. The van der Waals surface area contributed by atoms with Crippen LogP contribution in [0, 0.1) is 17.5 Å². The lowest BCUT2D eigenvalue weighted by atomic mass is 9.91. The molecule has 0 radical (unpaired) electrons. The highest BCUT2D eigenvalue weighted by Gasteiger charge is 2.30. The van der Waals surface area contributed by atoms with Crippen molar-refractivity contribution in [3.05, 3.63) is 35.1 Å². The van der Waals surface area contributed by atoms with Crippen LogP contribution in [0.1, 0.15) is 56.9 Å². The van der Waals surface area contributed by atoms with Gasteiger partial charge in [0.05, 0.1) is 12.6 Å². The molecule has 170 valence electrons. The Morgan fingerprint density at radius 2 is 1.63 bits per heavy atom. The molecule has 1 fully saturated rings. The topological polar surface area (TPSA) is 53.0 Å². The lowest BCUT2D eigenvalue weighted by Crippen LogP contribution is -2.42. The van der Waals surface area contributed by atoms with Crippen LogP contribution >= 0.6 is 0 Å². The van der Waals surface area contributed by atoms with Crippen molar-refractivity contribution in [1.82, 2.24) is 9.80 Å². The number of amides is 1. The molecule has 1 aliphatic carbocycles. The van der Waals surface area contributed by atoms with Crippen molar-refractivity contribution < 1.29 is 27.8 Å². The first-order valence-corrected chi connectivity index (χ1v) is 10.7. The molecule has 0 saturated heterocycles. The predicted octanol–water partition coefficient (Wildman–Crippen LogP) is 5.03. The van der Waals surface area contributed by atoms with Gasteiger partial charge in [0.1, 0.15) is 5.82 Å². The number of carboxylic acid groups (broad SMARTS) is 1. The van der Waals surface area contributed by atoms with Gasteiger partial charge < -0.3 is 19.6 Å². The second-order valence-electron chi connectivity index (χ2n) is 8.29. The summed E-state index contributed by atoms with van der Waals surface area (Å²) in [6, 6.07) is 0.894. The second-order valence-corrected chi connectivity index (χ2v) is 8.29. The molecule has 5 nitrogen and oxygen atoms in total. The van der Waals surface area contributed by atoms with Gasteiger partial charge in [-0.25, -0.2) is 18.0 Å². The normalized spacial score (nSPS) is 19.3. The first-order chi connectivity index (χ1) is 14.3. The summed E-state index contributed by atoms with van der Waals surface area (Å²) in [5.74, 6) is -3.41. The van der Waals surface area contributed by atoms with E-state index in [-0.39, 0.29) is 24.3 Å². The van der Waals surface area contributed by atoms with E-state index in [1.165, 1.54) is 12.8 Å². The third-order valence-corrected chi connectivity index (χ3v) is 5.61. The van der Waals surface area contributed by atoms with E-state index in [9.17, 15) is 23.1 Å². The molecule has 1 aromatic rings. The van der Waals surface area contributed by atoms with Crippen LogP contribution in [0.3, 0.4) is 0 Å². The molecule has 1 aromatic carbocycles. The van der Waals surface area contributed by atoms with Crippen LogP contribution in [0.25, 0.3) is 0 Å². The fraction of sp³-hybridized carbons (Fsp3) is 0.682. The van der Waals surface area contributed by atoms with E-state index in [1.807, 2.05) is 0 Å². The number of hydrogen-bond donors (Lipinski definition) is 1. The number of halogens is 3. The SMILES string of the molecule is CN(C)CCCCCCOC1CCC(N(Cc2cc(F)c(F)cc2F)C(=O)O)CC1. The molecule has 0 unspecified atom stereocenters. The lowest BCUT2D eigenvalue weighted by Gasteiger charge is -2.35. The summed E-state index contributed by atoms with van der Waals surface area (Å²) in [4.78, 5) is 15.0. The molecular weight excluding hydrogens is 397 g/mol. The maximum Gasteiger partial charge on any atom is 0.407 e. The van der Waals surface area contributed by atoms with Crippen LogP contribution in [0.5, 0.6) is 0 Å². The van der Waals surface area contributed by atoms with Crippen LogP contribution < -0.4 is 0 Å². The van der Waals surface area contributed by atoms with E-state index in [1.54, 1.807) is 0 Å². The Morgan fingerprint density at radius 1 is 1.00 bits per heavy atom. The van der Waals surface area contributed by atoms with Crippen molar-refractivity contribution in [3.63, 3.8) is 0 Å².